The van der Waals surface area contributed by atoms with E-state index in [0.717, 1.165) is 34.2 Å². The van der Waals surface area contributed by atoms with E-state index in [4.69, 9.17) is 0 Å². The molecule has 1 fully saturated rings. The van der Waals surface area contributed by atoms with E-state index in [-0.39, 0.29) is 38.6 Å². The molecular formula is C34H34F3N5O4. The lowest BCUT2D eigenvalue weighted by molar-refractivity contribution is -0.137. The lowest BCUT2D eigenvalue weighted by atomic mass is 10.00. The number of rotatable bonds is 6. The minimum atomic E-state index is -4.49. The summed E-state index contributed by atoms with van der Waals surface area (Å²) in [5, 5.41) is 12.1. The van der Waals surface area contributed by atoms with Gasteiger partial charge in [0.05, 0.1) is 11.6 Å². The molecule has 1 aliphatic heterocycles. The first-order chi connectivity index (χ1) is 22.0. The number of hydrogen-bond acceptors (Lipinski definition) is 4. The lowest BCUT2D eigenvalue weighted by Gasteiger charge is -2.27. The first-order valence-corrected chi connectivity index (χ1v) is 15.0. The number of amides is 4. The predicted molar refractivity (Wildman–Crippen MR) is 165 cm³/mol. The Bertz CT molecular complexity index is 1690. The topological polar surface area (TPSA) is 132 Å². The van der Waals surface area contributed by atoms with Crippen molar-refractivity contribution < 1.29 is 32.3 Å². The van der Waals surface area contributed by atoms with Crippen molar-refractivity contribution in [2.45, 2.75) is 56.4 Å². The number of aromatic amines is 1. The molecule has 1 aromatic heterocycles. The Labute approximate surface area is 263 Å². The van der Waals surface area contributed by atoms with Crippen LogP contribution in [0.15, 0.2) is 85.1 Å². The van der Waals surface area contributed by atoms with Crippen LogP contribution in [-0.4, -0.2) is 53.3 Å². The second-order valence-electron chi connectivity index (χ2n) is 11.3. The molecule has 240 valence electrons. The molecule has 0 bridgehead atoms. The molecule has 0 radical (unpaired) electrons. The Morgan fingerprint density at radius 1 is 0.652 bits per heavy atom. The summed E-state index contributed by atoms with van der Waals surface area (Å²) < 4.78 is 39.3. The van der Waals surface area contributed by atoms with Crippen LogP contribution >= 0.6 is 0 Å². The van der Waals surface area contributed by atoms with E-state index in [2.05, 4.69) is 26.3 Å². The van der Waals surface area contributed by atoms with Gasteiger partial charge in [0, 0.05) is 49.3 Å². The summed E-state index contributed by atoms with van der Waals surface area (Å²) in [5.74, 6) is -2.07. The summed E-state index contributed by atoms with van der Waals surface area (Å²) in [5.41, 5.74) is 2.13. The molecule has 3 aromatic carbocycles. The van der Waals surface area contributed by atoms with Crippen LogP contribution in [0.3, 0.4) is 0 Å². The van der Waals surface area contributed by atoms with Crippen molar-refractivity contribution in [3.05, 3.63) is 107 Å². The molecule has 12 heteroatoms. The highest BCUT2D eigenvalue weighted by atomic mass is 19.4. The lowest BCUT2D eigenvalue weighted by Crippen LogP contribution is -2.57. The van der Waals surface area contributed by atoms with Crippen LogP contribution in [0.4, 0.5) is 13.2 Å². The largest absolute Gasteiger partial charge is 0.416 e. The predicted octanol–water partition coefficient (Wildman–Crippen LogP) is 3.58. The minimum absolute atomic E-state index is 0.0393. The fourth-order valence-electron chi connectivity index (χ4n) is 5.47. The second kappa shape index (κ2) is 14.3. The zero-order valence-electron chi connectivity index (χ0n) is 24.8. The third-order valence-corrected chi connectivity index (χ3v) is 7.90. The fraction of sp³-hybridized carbons (Fsp3) is 0.294. The average molecular weight is 634 g/mol. The van der Waals surface area contributed by atoms with Gasteiger partial charge in [0.15, 0.2) is 0 Å². The average Bonchev–Trinajstić information content (AvgIpc) is 3.44. The molecule has 3 atom stereocenters. The highest BCUT2D eigenvalue weighted by Crippen LogP contribution is 2.29. The van der Waals surface area contributed by atoms with Gasteiger partial charge < -0.3 is 26.3 Å². The van der Waals surface area contributed by atoms with Crippen LogP contribution in [-0.2, 0) is 44.6 Å². The van der Waals surface area contributed by atoms with Crippen molar-refractivity contribution in [2.24, 2.45) is 0 Å². The minimum Gasteiger partial charge on any atom is -0.361 e. The summed E-state index contributed by atoms with van der Waals surface area (Å²) in [4.78, 5) is 56.4. The number of carbonyl (C=O) groups is 4. The number of halogens is 3. The van der Waals surface area contributed by atoms with E-state index >= 15 is 0 Å². The fourth-order valence-corrected chi connectivity index (χ4v) is 5.47. The zero-order valence-corrected chi connectivity index (χ0v) is 24.8. The van der Waals surface area contributed by atoms with Crippen LogP contribution < -0.4 is 21.3 Å². The molecule has 0 aliphatic carbocycles. The molecule has 9 nitrogen and oxygen atoms in total. The molecule has 4 aromatic rings. The molecule has 0 unspecified atom stereocenters. The third-order valence-electron chi connectivity index (χ3n) is 7.90. The number of fused-ring (bicyclic) bond motifs is 1. The van der Waals surface area contributed by atoms with Crippen molar-refractivity contribution >= 4 is 34.5 Å². The highest BCUT2D eigenvalue weighted by Gasteiger charge is 2.31. The van der Waals surface area contributed by atoms with E-state index in [9.17, 15) is 32.3 Å². The number of aromatic nitrogens is 1. The normalized spacial score (nSPS) is 20.3. The first kappa shape index (κ1) is 32.3. The zero-order chi connectivity index (χ0) is 32.7. The van der Waals surface area contributed by atoms with E-state index in [0.29, 0.717) is 5.56 Å². The summed E-state index contributed by atoms with van der Waals surface area (Å²) in [6.07, 6.45) is -2.69. The molecule has 5 rings (SSSR count). The molecule has 4 amide bonds. The van der Waals surface area contributed by atoms with Gasteiger partial charge in [-0.05, 0) is 41.3 Å². The summed E-state index contributed by atoms with van der Waals surface area (Å²) >= 11 is 0. The van der Waals surface area contributed by atoms with Crippen LogP contribution in [0.25, 0.3) is 10.9 Å². The number of benzene rings is 3. The van der Waals surface area contributed by atoms with Gasteiger partial charge in [-0.15, -0.1) is 0 Å². The van der Waals surface area contributed by atoms with Crippen LogP contribution in [0, 0.1) is 0 Å². The van der Waals surface area contributed by atoms with Gasteiger partial charge >= 0.3 is 6.18 Å². The van der Waals surface area contributed by atoms with Gasteiger partial charge in [-0.25, -0.2) is 0 Å². The van der Waals surface area contributed by atoms with Gasteiger partial charge in [-0.2, -0.15) is 13.2 Å². The molecule has 0 spiro atoms. The van der Waals surface area contributed by atoms with Crippen molar-refractivity contribution in [2.75, 3.05) is 6.54 Å². The van der Waals surface area contributed by atoms with Crippen LogP contribution in [0.5, 0.6) is 0 Å². The summed E-state index contributed by atoms with van der Waals surface area (Å²) in [7, 11) is 0. The maximum atomic E-state index is 13.8. The monoisotopic (exact) mass is 633 g/mol. The van der Waals surface area contributed by atoms with Crippen molar-refractivity contribution in [1.29, 1.82) is 0 Å². The van der Waals surface area contributed by atoms with E-state index in [1.165, 1.54) is 12.1 Å². The third kappa shape index (κ3) is 8.52. The number of carbonyl (C=O) groups excluding carboxylic acids is 4. The van der Waals surface area contributed by atoms with Crippen molar-refractivity contribution in [3.8, 4) is 0 Å². The Kier molecular flexibility index (Phi) is 10.0. The standard InChI is InChI=1S/C34H34F3N5O4/c35-34(36,37)24-12-10-22(11-13-24)16-25-20-39-30(43)14-15-31(44)41-29(18-23-19-38-27-9-5-4-8-26(23)27)33(46)42-28(32(45)40-25)17-21-6-2-1-3-7-21/h1-13,19,25,28-29,38H,14-18,20H2,(H,39,43)(H,40,45)(H,41,44)(H,42,46)/t25-,28+,29+/m1/s1. The Morgan fingerprint density at radius 3 is 2.02 bits per heavy atom. The van der Waals surface area contributed by atoms with Gasteiger partial charge in [-0.1, -0.05) is 60.7 Å². The summed E-state index contributed by atoms with van der Waals surface area (Å²) in [6.45, 7) is -0.0393. The SMILES string of the molecule is O=C1CCC(=O)N[C@@H](Cc2c[nH]c3ccccc23)C(=O)N[C@@H](Cc2ccccc2)C(=O)N[C@H](Cc2ccc(C(F)(F)F)cc2)CN1. The smallest absolute Gasteiger partial charge is 0.361 e. The Balaban J connectivity index is 1.42. The Hall–Kier alpha value is -5.13. The number of para-hydroxylation sites is 1. The molecule has 5 N–H and O–H groups in total. The van der Waals surface area contributed by atoms with E-state index in [1.54, 1.807) is 18.3 Å². The van der Waals surface area contributed by atoms with Crippen molar-refractivity contribution in [3.63, 3.8) is 0 Å². The van der Waals surface area contributed by atoms with Gasteiger partial charge in [0.1, 0.15) is 12.1 Å². The maximum absolute atomic E-state index is 13.8. The van der Waals surface area contributed by atoms with Gasteiger partial charge in [0.25, 0.3) is 0 Å². The molecule has 46 heavy (non-hydrogen) atoms. The number of nitrogens with one attached hydrogen (secondary N) is 5. The number of alkyl halides is 3. The maximum Gasteiger partial charge on any atom is 0.416 e. The van der Waals surface area contributed by atoms with E-state index < -0.39 is 53.5 Å². The quantitative estimate of drug-likeness (QED) is 0.222. The second-order valence-corrected chi connectivity index (χ2v) is 11.3. The highest BCUT2D eigenvalue weighted by molar-refractivity contribution is 5.94. The molecule has 1 saturated heterocycles. The Morgan fingerprint density at radius 2 is 1.28 bits per heavy atom. The number of H-pyrrole nitrogens is 1. The molecule has 1 aliphatic rings. The van der Waals surface area contributed by atoms with Crippen LogP contribution in [0.2, 0.25) is 0 Å². The van der Waals surface area contributed by atoms with Crippen molar-refractivity contribution in [1.82, 2.24) is 26.3 Å². The molecule has 2 heterocycles. The molecular weight excluding hydrogens is 599 g/mol. The van der Waals surface area contributed by atoms with Gasteiger partial charge in [0.2, 0.25) is 23.6 Å². The number of hydrogen-bond donors (Lipinski definition) is 5. The van der Waals surface area contributed by atoms with E-state index in [1.807, 2.05) is 42.5 Å². The first-order valence-electron chi connectivity index (χ1n) is 15.0. The summed E-state index contributed by atoms with van der Waals surface area (Å²) in [6, 6.07) is 18.3. The molecule has 0 saturated carbocycles. The van der Waals surface area contributed by atoms with Gasteiger partial charge in [-0.3, -0.25) is 19.2 Å². The van der Waals surface area contributed by atoms with Crippen LogP contribution in [0.1, 0.15) is 35.1 Å².